The van der Waals surface area contributed by atoms with Crippen molar-refractivity contribution >= 4 is 16.5 Å². The van der Waals surface area contributed by atoms with E-state index in [1.54, 1.807) is 0 Å². The highest BCUT2D eigenvalue weighted by atomic mass is 32.1. The highest BCUT2D eigenvalue weighted by Crippen LogP contribution is 2.33. The van der Waals surface area contributed by atoms with Gasteiger partial charge in [-0.15, -0.1) is 11.3 Å². The van der Waals surface area contributed by atoms with Crippen molar-refractivity contribution < 1.29 is 13.2 Å². The second-order valence-electron chi connectivity index (χ2n) is 5.77. The van der Waals surface area contributed by atoms with Crippen molar-refractivity contribution in [3.8, 4) is 0 Å². The van der Waals surface area contributed by atoms with E-state index in [9.17, 15) is 13.2 Å². The molecule has 23 heavy (non-hydrogen) atoms. The van der Waals surface area contributed by atoms with Gasteiger partial charge in [0.25, 0.3) is 0 Å². The second-order valence-corrected chi connectivity index (χ2v) is 6.60. The smallest absolute Gasteiger partial charge is 0.346 e. The van der Waals surface area contributed by atoms with Gasteiger partial charge in [0.15, 0.2) is 10.8 Å². The summed E-state index contributed by atoms with van der Waals surface area (Å²) in [5.41, 5.74) is 1.72. The molecule has 0 saturated carbocycles. The molecule has 1 aromatic carbocycles. The van der Waals surface area contributed by atoms with Crippen LogP contribution in [0.25, 0.3) is 0 Å². The number of aromatic nitrogens is 1. The summed E-state index contributed by atoms with van der Waals surface area (Å²) in [4.78, 5) is 7.99. The third kappa shape index (κ3) is 4.03. The molecule has 1 aliphatic heterocycles. The highest BCUT2D eigenvalue weighted by Gasteiger charge is 2.34. The number of alkyl halides is 3. The van der Waals surface area contributed by atoms with Gasteiger partial charge in [0.05, 0.1) is 0 Å². The fourth-order valence-electron chi connectivity index (χ4n) is 2.71. The first-order valence-electron chi connectivity index (χ1n) is 7.47. The summed E-state index contributed by atoms with van der Waals surface area (Å²) in [6.45, 7) is 6.01. The van der Waals surface area contributed by atoms with E-state index in [0.717, 1.165) is 36.4 Å². The molecule has 1 aromatic heterocycles. The van der Waals surface area contributed by atoms with Crippen LogP contribution < -0.4 is 4.90 Å². The summed E-state index contributed by atoms with van der Waals surface area (Å²) in [5.74, 6) is 0. The topological polar surface area (TPSA) is 19.4 Å². The van der Waals surface area contributed by atoms with Crippen LogP contribution in [-0.4, -0.2) is 36.1 Å². The Morgan fingerprint density at radius 2 is 1.91 bits per heavy atom. The Hall–Kier alpha value is -1.60. The van der Waals surface area contributed by atoms with Crippen molar-refractivity contribution in [2.24, 2.45) is 0 Å². The number of aryl methyl sites for hydroxylation is 1. The van der Waals surface area contributed by atoms with Gasteiger partial charge in [-0.2, -0.15) is 13.2 Å². The first-order chi connectivity index (χ1) is 10.9. The number of benzene rings is 1. The zero-order chi connectivity index (χ0) is 16.4. The summed E-state index contributed by atoms with van der Waals surface area (Å²) in [6.07, 6.45) is -4.36. The van der Waals surface area contributed by atoms with Crippen LogP contribution >= 0.6 is 11.3 Å². The molecule has 3 nitrogen and oxygen atoms in total. The Balaban J connectivity index is 1.57. The number of hydrogen-bond acceptors (Lipinski definition) is 4. The number of hydrogen-bond donors (Lipinski definition) is 0. The van der Waals surface area contributed by atoms with E-state index in [-0.39, 0.29) is 0 Å². The monoisotopic (exact) mass is 341 g/mol. The Kier molecular flexibility index (Phi) is 4.59. The second kappa shape index (κ2) is 6.49. The quantitative estimate of drug-likeness (QED) is 0.847. The minimum atomic E-state index is -4.36. The zero-order valence-electron chi connectivity index (χ0n) is 12.8. The molecule has 1 fully saturated rings. The highest BCUT2D eigenvalue weighted by molar-refractivity contribution is 7.13. The largest absolute Gasteiger partial charge is 0.434 e. The maximum atomic E-state index is 12.6. The van der Waals surface area contributed by atoms with Gasteiger partial charge in [0.1, 0.15) is 0 Å². The standard InChI is InChI=1S/C16H18F3N3S/c1-12-3-2-4-13(9-12)10-21-5-7-22(8-6-21)15-20-14(11-23-15)16(17,18)19/h2-4,9,11H,5-8,10H2,1H3. The predicted molar refractivity (Wildman–Crippen MR) is 85.8 cm³/mol. The van der Waals surface area contributed by atoms with Crippen LogP contribution in [0.5, 0.6) is 0 Å². The molecule has 0 bridgehead atoms. The number of nitrogens with zero attached hydrogens (tertiary/aromatic N) is 3. The Labute approximate surface area is 137 Å². The summed E-state index contributed by atoms with van der Waals surface area (Å²) in [5, 5.41) is 1.56. The van der Waals surface area contributed by atoms with Crippen LogP contribution in [0.3, 0.4) is 0 Å². The molecule has 0 N–H and O–H groups in total. The minimum Gasteiger partial charge on any atom is -0.346 e. The molecule has 0 amide bonds. The number of halogens is 3. The molecule has 3 rings (SSSR count). The number of anilines is 1. The molecule has 1 aliphatic rings. The maximum Gasteiger partial charge on any atom is 0.434 e. The molecule has 2 aromatic rings. The lowest BCUT2D eigenvalue weighted by molar-refractivity contribution is -0.140. The molecular formula is C16H18F3N3S. The van der Waals surface area contributed by atoms with Crippen molar-refractivity contribution in [1.82, 2.24) is 9.88 Å². The van der Waals surface area contributed by atoms with Crippen LogP contribution in [0.1, 0.15) is 16.8 Å². The maximum absolute atomic E-state index is 12.6. The number of thiazole rings is 1. The van der Waals surface area contributed by atoms with Gasteiger partial charge in [-0.05, 0) is 12.5 Å². The summed E-state index contributed by atoms with van der Waals surface area (Å²) in [6, 6.07) is 8.40. The van der Waals surface area contributed by atoms with Gasteiger partial charge >= 0.3 is 6.18 Å². The van der Waals surface area contributed by atoms with Crippen LogP contribution in [0.4, 0.5) is 18.3 Å². The van der Waals surface area contributed by atoms with Crippen molar-refractivity contribution in [2.45, 2.75) is 19.6 Å². The van der Waals surface area contributed by atoms with Crippen molar-refractivity contribution in [2.75, 3.05) is 31.1 Å². The molecule has 0 spiro atoms. The van der Waals surface area contributed by atoms with E-state index in [1.165, 1.54) is 11.1 Å². The van der Waals surface area contributed by atoms with Gasteiger partial charge in [-0.3, -0.25) is 4.90 Å². The Bertz CT molecular complexity index is 661. The normalized spacial score (nSPS) is 16.8. The lowest BCUT2D eigenvalue weighted by Crippen LogP contribution is -2.46. The third-order valence-corrected chi connectivity index (χ3v) is 4.82. The summed E-state index contributed by atoms with van der Waals surface area (Å²) >= 11 is 1.07. The Morgan fingerprint density at radius 1 is 1.17 bits per heavy atom. The summed E-state index contributed by atoms with van der Waals surface area (Å²) < 4.78 is 37.9. The molecule has 0 atom stereocenters. The minimum absolute atomic E-state index is 0.465. The van der Waals surface area contributed by atoms with Crippen molar-refractivity contribution in [1.29, 1.82) is 0 Å². The van der Waals surface area contributed by atoms with E-state index in [0.29, 0.717) is 18.2 Å². The van der Waals surface area contributed by atoms with Crippen LogP contribution in [-0.2, 0) is 12.7 Å². The molecule has 2 heterocycles. The van der Waals surface area contributed by atoms with Gasteiger partial charge in [0.2, 0.25) is 0 Å². The average Bonchev–Trinajstić information content (AvgIpc) is 2.98. The fraction of sp³-hybridized carbons (Fsp3) is 0.438. The van der Waals surface area contributed by atoms with Crippen molar-refractivity contribution in [3.63, 3.8) is 0 Å². The summed E-state index contributed by atoms with van der Waals surface area (Å²) in [7, 11) is 0. The third-order valence-electron chi connectivity index (χ3n) is 3.91. The molecule has 7 heteroatoms. The molecular weight excluding hydrogens is 323 g/mol. The van der Waals surface area contributed by atoms with Gasteiger partial charge in [-0.1, -0.05) is 29.8 Å². The van der Waals surface area contributed by atoms with E-state index in [4.69, 9.17) is 0 Å². The Morgan fingerprint density at radius 3 is 2.52 bits per heavy atom. The molecule has 0 aliphatic carbocycles. The fourth-order valence-corrected chi connectivity index (χ4v) is 3.59. The molecule has 124 valence electrons. The number of rotatable bonds is 3. The molecule has 0 unspecified atom stereocenters. The van der Waals surface area contributed by atoms with E-state index in [2.05, 4.69) is 41.1 Å². The number of piperazine rings is 1. The van der Waals surface area contributed by atoms with Crippen molar-refractivity contribution in [3.05, 3.63) is 46.5 Å². The first-order valence-corrected chi connectivity index (χ1v) is 8.35. The van der Waals surface area contributed by atoms with E-state index < -0.39 is 11.9 Å². The predicted octanol–water partition coefficient (Wildman–Crippen LogP) is 3.79. The SMILES string of the molecule is Cc1cccc(CN2CCN(c3nc(C(F)(F)F)cs3)CC2)c1. The molecule has 1 saturated heterocycles. The zero-order valence-corrected chi connectivity index (χ0v) is 13.6. The van der Waals surface area contributed by atoms with Gasteiger partial charge in [-0.25, -0.2) is 4.98 Å². The molecule has 0 radical (unpaired) electrons. The van der Waals surface area contributed by atoms with Crippen LogP contribution in [0.2, 0.25) is 0 Å². The van der Waals surface area contributed by atoms with Gasteiger partial charge in [0, 0.05) is 38.1 Å². The van der Waals surface area contributed by atoms with E-state index in [1.807, 2.05) is 4.90 Å². The average molecular weight is 341 g/mol. The van der Waals surface area contributed by atoms with Crippen LogP contribution in [0, 0.1) is 6.92 Å². The lowest BCUT2D eigenvalue weighted by Gasteiger charge is -2.34. The first kappa shape index (κ1) is 16.3. The van der Waals surface area contributed by atoms with Gasteiger partial charge < -0.3 is 4.90 Å². The van der Waals surface area contributed by atoms with Crippen LogP contribution in [0.15, 0.2) is 29.6 Å². The lowest BCUT2D eigenvalue weighted by atomic mass is 10.1. The van der Waals surface area contributed by atoms with E-state index >= 15 is 0 Å².